The van der Waals surface area contributed by atoms with Crippen molar-refractivity contribution >= 4 is 11.9 Å². The molecule has 0 aliphatic rings. The number of nitrogens with two attached hydrogens (primary N) is 1. The van der Waals surface area contributed by atoms with Gasteiger partial charge < -0.3 is 15.8 Å². The van der Waals surface area contributed by atoms with Crippen LogP contribution in [0, 0.1) is 11.8 Å². The molecule has 8 heteroatoms. The van der Waals surface area contributed by atoms with Crippen molar-refractivity contribution in [2.45, 2.75) is 25.6 Å². The summed E-state index contributed by atoms with van der Waals surface area (Å²) in [5, 5.41) is 2.38. The molecular formula is C10H13F3N2O3. The zero-order valence-corrected chi connectivity index (χ0v) is 9.63. The lowest BCUT2D eigenvalue weighted by Gasteiger charge is -2.04. The average molecular weight is 266 g/mol. The van der Waals surface area contributed by atoms with E-state index in [1.54, 1.807) is 6.92 Å². The number of ether oxygens (including phenoxy) is 1. The molecule has 0 aromatic rings. The molecule has 18 heavy (non-hydrogen) atoms. The first kappa shape index (κ1) is 16.2. The number of nitrogens with one attached hydrogen (secondary N) is 1. The van der Waals surface area contributed by atoms with Gasteiger partial charge in [-0.3, -0.25) is 4.79 Å². The zero-order valence-electron chi connectivity index (χ0n) is 9.63. The van der Waals surface area contributed by atoms with Gasteiger partial charge >= 0.3 is 12.1 Å². The van der Waals surface area contributed by atoms with Crippen molar-refractivity contribution in [3.8, 4) is 11.8 Å². The van der Waals surface area contributed by atoms with Crippen molar-refractivity contribution in [1.82, 2.24) is 5.32 Å². The second-order valence-electron chi connectivity index (χ2n) is 3.40. The highest BCUT2D eigenvalue weighted by atomic mass is 19.4. The number of halogens is 3. The average Bonchev–Trinajstić information content (AvgIpc) is 2.22. The van der Waals surface area contributed by atoms with Gasteiger partial charge in [0, 0.05) is 12.6 Å². The minimum atomic E-state index is -5.05. The number of esters is 1. The number of carbonyl (C=O) groups is 2. The lowest BCUT2D eigenvalue weighted by molar-refractivity contribution is -0.198. The summed E-state index contributed by atoms with van der Waals surface area (Å²) in [6.45, 7) is 1.28. The Morgan fingerprint density at radius 3 is 2.56 bits per heavy atom. The van der Waals surface area contributed by atoms with Crippen LogP contribution in [0.3, 0.4) is 0 Å². The summed E-state index contributed by atoms with van der Waals surface area (Å²) >= 11 is 0. The van der Waals surface area contributed by atoms with Gasteiger partial charge in [-0.2, -0.15) is 13.2 Å². The molecule has 0 aliphatic heterocycles. The molecule has 5 nitrogen and oxygen atoms in total. The minimum absolute atomic E-state index is 0.0778. The third-order valence-electron chi connectivity index (χ3n) is 1.59. The maximum atomic E-state index is 11.7. The molecule has 0 aromatic heterocycles. The Hall–Kier alpha value is -1.75. The van der Waals surface area contributed by atoms with Crippen LogP contribution in [0.5, 0.6) is 0 Å². The number of hydrogen-bond donors (Lipinski definition) is 2. The van der Waals surface area contributed by atoms with Gasteiger partial charge in [0.15, 0.2) is 6.61 Å². The Labute approximate surface area is 102 Å². The van der Waals surface area contributed by atoms with E-state index in [4.69, 9.17) is 5.73 Å². The number of alkyl halides is 3. The predicted octanol–water partition coefficient (Wildman–Crippen LogP) is -0.0512. The second kappa shape index (κ2) is 7.55. The van der Waals surface area contributed by atoms with E-state index in [2.05, 4.69) is 10.1 Å². The Morgan fingerprint density at radius 1 is 1.44 bits per heavy atom. The molecule has 0 fully saturated rings. The zero-order chi connectivity index (χ0) is 14.2. The predicted molar refractivity (Wildman–Crippen MR) is 56.1 cm³/mol. The highest BCUT2D eigenvalue weighted by Crippen LogP contribution is 2.15. The quantitative estimate of drug-likeness (QED) is 0.552. The lowest BCUT2D eigenvalue weighted by atomic mass is 10.2. The van der Waals surface area contributed by atoms with Crippen LogP contribution in [0.2, 0.25) is 0 Å². The van der Waals surface area contributed by atoms with Gasteiger partial charge in [0.25, 0.3) is 5.91 Å². The minimum Gasteiger partial charge on any atom is -0.446 e. The first-order valence-electron chi connectivity index (χ1n) is 4.99. The van der Waals surface area contributed by atoms with E-state index in [0.717, 1.165) is 0 Å². The van der Waals surface area contributed by atoms with Crippen LogP contribution in [-0.2, 0) is 14.3 Å². The molecule has 0 radical (unpaired) electrons. The SMILES string of the molecule is CC(N)CCNC(=O)C#CCOC(=O)C(F)(F)F. The van der Waals surface area contributed by atoms with Gasteiger partial charge in [0.2, 0.25) is 0 Å². The van der Waals surface area contributed by atoms with Crippen molar-refractivity contribution in [3.63, 3.8) is 0 Å². The van der Waals surface area contributed by atoms with Crippen molar-refractivity contribution in [1.29, 1.82) is 0 Å². The van der Waals surface area contributed by atoms with Crippen LogP contribution in [0.4, 0.5) is 13.2 Å². The Balaban J connectivity index is 3.84. The topological polar surface area (TPSA) is 81.4 Å². The monoisotopic (exact) mass is 266 g/mol. The molecular weight excluding hydrogens is 253 g/mol. The van der Waals surface area contributed by atoms with E-state index in [-0.39, 0.29) is 6.04 Å². The Morgan fingerprint density at radius 2 is 2.06 bits per heavy atom. The summed E-state index contributed by atoms with van der Waals surface area (Å²) in [5.41, 5.74) is 5.42. The van der Waals surface area contributed by atoms with Crippen LogP contribution in [0.25, 0.3) is 0 Å². The normalized spacial score (nSPS) is 12.1. The Kier molecular flexibility index (Phi) is 6.82. The molecule has 0 spiro atoms. The van der Waals surface area contributed by atoms with Crippen LogP contribution < -0.4 is 11.1 Å². The van der Waals surface area contributed by atoms with Gasteiger partial charge in [0.05, 0.1) is 0 Å². The van der Waals surface area contributed by atoms with Crippen LogP contribution in [0.15, 0.2) is 0 Å². The van der Waals surface area contributed by atoms with E-state index in [1.165, 1.54) is 0 Å². The lowest BCUT2D eigenvalue weighted by Crippen LogP contribution is -2.28. The highest BCUT2D eigenvalue weighted by Gasteiger charge is 2.40. The molecule has 0 aromatic carbocycles. The number of amides is 1. The molecule has 3 N–H and O–H groups in total. The number of rotatable bonds is 4. The summed E-state index contributed by atoms with van der Waals surface area (Å²) in [6.07, 6.45) is -4.50. The fourth-order valence-electron chi connectivity index (χ4n) is 0.757. The summed E-state index contributed by atoms with van der Waals surface area (Å²) < 4.78 is 38.8. The van der Waals surface area contributed by atoms with Gasteiger partial charge in [-0.1, -0.05) is 5.92 Å². The van der Waals surface area contributed by atoms with E-state index < -0.39 is 24.7 Å². The molecule has 0 heterocycles. The van der Waals surface area contributed by atoms with Crippen LogP contribution in [-0.4, -0.2) is 37.2 Å². The number of carbonyl (C=O) groups excluding carboxylic acids is 2. The molecule has 1 amide bonds. The third kappa shape index (κ3) is 8.41. The maximum Gasteiger partial charge on any atom is 0.490 e. The maximum absolute atomic E-state index is 11.7. The van der Waals surface area contributed by atoms with Crippen molar-refractivity contribution in [3.05, 3.63) is 0 Å². The van der Waals surface area contributed by atoms with E-state index in [0.29, 0.717) is 13.0 Å². The summed E-state index contributed by atoms with van der Waals surface area (Å²) in [7, 11) is 0. The summed E-state index contributed by atoms with van der Waals surface area (Å²) in [6, 6.07) is -0.0778. The van der Waals surface area contributed by atoms with E-state index in [1.807, 2.05) is 11.8 Å². The second-order valence-corrected chi connectivity index (χ2v) is 3.40. The summed E-state index contributed by atoms with van der Waals surface area (Å²) in [4.78, 5) is 21.2. The fourth-order valence-corrected chi connectivity index (χ4v) is 0.757. The Bertz CT molecular complexity index is 356. The van der Waals surface area contributed by atoms with Crippen molar-refractivity contribution < 1.29 is 27.5 Å². The summed E-state index contributed by atoms with van der Waals surface area (Å²) in [5.74, 6) is 0.961. The van der Waals surface area contributed by atoms with Gasteiger partial charge in [-0.05, 0) is 19.3 Å². The molecule has 1 unspecified atom stereocenters. The smallest absolute Gasteiger partial charge is 0.446 e. The van der Waals surface area contributed by atoms with Gasteiger partial charge in [-0.25, -0.2) is 4.79 Å². The van der Waals surface area contributed by atoms with E-state index in [9.17, 15) is 22.8 Å². The van der Waals surface area contributed by atoms with Gasteiger partial charge in [-0.15, -0.1) is 0 Å². The fraction of sp³-hybridized carbons (Fsp3) is 0.600. The molecule has 0 bridgehead atoms. The molecule has 0 saturated carbocycles. The first-order valence-corrected chi connectivity index (χ1v) is 4.99. The highest BCUT2D eigenvalue weighted by molar-refractivity contribution is 5.93. The molecule has 0 aliphatic carbocycles. The molecule has 0 rings (SSSR count). The van der Waals surface area contributed by atoms with Gasteiger partial charge in [0.1, 0.15) is 0 Å². The largest absolute Gasteiger partial charge is 0.490 e. The third-order valence-corrected chi connectivity index (χ3v) is 1.59. The standard InChI is InChI=1S/C10H13F3N2O3/c1-7(14)4-5-15-8(16)3-2-6-18-9(17)10(11,12)13/h7H,4-6,14H2,1H3,(H,15,16). The van der Waals surface area contributed by atoms with Crippen molar-refractivity contribution in [2.24, 2.45) is 5.73 Å². The van der Waals surface area contributed by atoms with Crippen LogP contribution >= 0.6 is 0 Å². The molecule has 1 atom stereocenters. The van der Waals surface area contributed by atoms with Crippen molar-refractivity contribution in [2.75, 3.05) is 13.2 Å². The molecule has 0 saturated heterocycles. The van der Waals surface area contributed by atoms with Crippen LogP contribution in [0.1, 0.15) is 13.3 Å². The van der Waals surface area contributed by atoms with E-state index >= 15 is 0 Å². The molecule has 102 valence electrons. The number of hydrogen-bond acceptors (Lipinski definition) is 4. The first-order chi connectivity index (χ1) is 8.23.